The minimum absolute atomic E-state index is 0.00367. The molecule has 1 atom stereocenters. The largest absolute Gasteiger partial charge is 0.420 e. The first-order chi connectivity index (χ1) is 16.5. The summed E-state index contributed by atoms with van der Waals surface area (Å²) in [6, 6.07) is 5.36. The molecule has 0 aliphatic heterocycles. The Hall–Kier alpha value is -2.70. The molecule has 2 aromatic heterocycles. The van der Waals surface area contributed by atoms with E-state index >= 15 is 0 Å². The van der Waals surface area contributed by atoms with E-state index < -0.39 is 21.6 Å². The summed E-state index contributed by atoms with van der Waals surface area (Å²) in [5.74, 6) is -1.48. The Morgan fingerprint density at radius 3 is 2.31 bits per heavy atom. The van der Waals surface area contributed by atoms with Crippen molar-refractivity contribution >= 4 is 79.5 Å². The average molecular weight is 578 g/mol. The summed E-state index contributed by atoms with van der Waals surface area (Å²) in [5, 5.41) is 13.1. The number of carbonyl (C=O) groups excluding carboxylic acids is 2. The third-order valence-corrected chi connectivity index (χ3v) is 7.25. The van der Waals surface area contributed by atoms with Gasteiger partial charge in [-0.25, -0.2) is 18.4 Å². The van der Waals surface area contributed by atoms with Gasteiger partial charge in [-0.3, -0.25) is 4.79 Å². The van der Waals surface area contributed by atoms with Crippen molar-refractivity contribution < 1.29 is 18.5 Å². The normalized spacial score (nSPS) is 12.4. The lowest BCUT2D eigenvalue weighted by Crippen LogP contribution is -2.21. The van der Waals surface area contributed by atoms with E-state index in [1.54, 1.807) is 0 Å². The van der Waals surface area contributed by atoms with Crippen molar-refractivity contribution in [3.63, 3.8) is 0 Å². The number of halogens is 4. The minimum Gasteiger partial charge on any atom is -0.420 e. The van der Waals surface area contributed by atoms with Crippen molar-refractivity contribution in [2.24, 2.45) is 4.36 Å². The fourth-order valence-electron chi connectivity index (χ4n) is 2.69. The molecule has 0 saturated heterocycles. The van der Waals surface area contributed by atoms with Crippen molar-refractivity contribution in [1.29, 1.82) is 0 Å². The highest BCUT2D eigenvalue weighted by molar-refractivity contribution is 7.93. The number of rotatable bonds is 6. The number of ether oxygens (including phenoxy) is 1. The van der Waals surface area contributed by atoms with Gasteiger partial charge in [0.2, 0.25) is 0 Å². The highest BCUT2D eigenvalue weighted by atomic mass is 35.5. The quantitative estimate of drug-likeness (QED) is 0.312. The number of benzene rings is 1. The first-order valence-electron chi connectivity index (χ1n) is 9.46. The first-order valence-corrected chi connectivity index (χ1v) is 12.9. The molecule has 35 heavy (non-hydrogen) atoms. The van der Waals surface area contributed by atoms with Crippen LogP contribution in [0.25, 0.3) is 0 Å². The van der Waals surface area contributed by atoms with E-state index in [1.807, 2.05) is 0 Å². The van der Waals surface area contributed by atoms with Crippen LogP contribution in [0.1, 0.15) is 20.8 Å². The molecule has 15 heteroatoms. The molecule has 0 aliphatic rings. The topological polar surface area (TPSA) is 136 Å². The molecule has 0 fully saturated rings. The van der Waals surface area contributed by atoms with Crippen molar-refractivity contribution in [1.82, 2.24) is 20.5 Å². The van der Waals surface area contributed by atoms with Crippen molar-refractivity contribution in [2.45, 2.75) is 4.90 Å². The van der Waals surface area contributed by atoms with Gasteiger partial charge in [-0.2, -0.15) is 0 Å². The molecule has 0 spiro atoms. The van der Waals surface area contributed by atoms with Crippen molar-refractivity contribution in [3.8, 4) is 5.75 Å². The second-order valence-electron chi connectivity index (χ2n) is 6.78. The third kappa shape index (κ3) is 6.11. The molecule has 3 aromatic rings. The Balaban J connectivity index is 2.06. The molecule has 0 bridgehead atoms. The number of carbonyl (C=O) groups is 2. The van der Waals surface area contributed by atoms with Crippen LogP contribution < -0.4 is 15.4 Å². The molecule has 2 N–H and O–H groups in total. The number of nitrogens with zero attached hydrogens (tertiary/aromatic N) is 4. The van der Waals surface area contributed by atoms with Crippen LogP contribution in [0.2, 0.25) is 20.2 Å². The monoisotopic (exact) mass is 576 g/mol. The van der Waals surface area contributed by atoms with Crippen LogP contribution >= 0.6 is 46.4 Å². The van der Waals surface area contributed by atoms with E-state index in [2.05, 4.69) is 30.2 Å². The van der Waals surface area contributed by atoms with Crippen molar-refractivity contribution in [2.75, 3.05) is 25.7 Å². The standard InChI is InChI=1S/C20H16Cl4N6O4S/c1-25-19(31)16-13(7-15(24)29-30-16)28-18-14(35(3,33)26-2)4-9(8-27-18)20(32)34-17-11(22)5-10(21)6-12(17)23/h4-8H,1-3H3,(H,25,31)(H,27,28,29). The summed E-state index contributed by atoms with van der Waals surface area (Å²) in [6.07, 6.45) is 2.53. The van der Waals surface area contributed by atoms with Gasteiger partial charge in [0.15, 0.2) is 16.6 Å². The lowest BCUT2D eigenvalue weighted by atomic mass is 10.2. The number of amides is 1. The summed E-state index contributed by atoms with van der Waals surface area (Å²) >= 11 is 24.0. The van der Waals surface area contributed by atoms with E-state index in [9.17, 15) is 13.8 Å². The molecule has 0 radical (unpaired) electrons. The molecule has 1 amide bonds. The maximum Gasteiger partial charge on any atom is 0.345 e. The second kappa shape index (κ2) is 10.9. The van der Waals surface area contributed by atoms with Crippen LogP contribution in [0.4, 0.5) is 11.5 Å². The predicted molar refractivity (Wildman–Crippen MR) is 135 cm³/mol. The molecule has 0 saturated carbocycles. The molecular weight excluding hydrogens is 562 g/mol. The Morgan fingerprint density at radius 2 is 1.71 bits per heavy atom. The minimum atomic E-state index is -3.05. The number of pyridine rings is 1. The summed E-state index contributed by atoms with van der Waals surface area (Å²) < 4.78 is 22.4. The van der Waals surface area contributed by atoms with Crippen LogP contribution in [-0.4, -0.2) is 51.6 Å². The molecule has 0 aliphatic carbocycles. The van der Waals surface area contributed by atoms with Gasteiger partial charge >= 0.3 is 5.97 Å². The summed E-state index contributed by atoms with van der Waals surface area (Å²) in [4.78, 5) is 29.3. The number of nitrogens with one attached hydrogen (secondary N) is 2. The Bertz CT molecular complexity index is 1440. The Morgan fingerprint density at radius 1 is 1.06 bits per heavy atom. The van der Waals surface area contributed by atoms with Crippen molar-refractivity contribution in [3.05, 3.63) is 61.9 Å². The Kier molecular flexibility index (Phi) is 8.39. The predicted octanol–water partition coefficient (Wildman–Crippen LogP) is 4.89. The SMILES string of the molecule is CN=S(C)(=O)c1cc(C(=O)Oc2c(Cl)cc(Cl)cc2Cl)cnc1Nc1cc(Cl)nnc1C(=O)NC. The maximum atomic E-state index is 13.2. The van der Waals surface area contributed by atoms with Crippen LogP contribution in [0.3, 0.4) is 0 Å². The molecule has 1 unspecified atom stereocenters. The number of esters is 1. The van der Waals surface area contributed by atoms with Gasteiger partial charge in [-0.15, -0.1) is 10.2 Å². The molecule has 184 valence electrons. The molecule has 2 heterocycles. The van der Waals surface area contributed by atoms with Gasteiger partial charge < -0.3 is 15.4 Å². The highest BCUT2D eigenvalue weighted by Gasteiger charge is 2.22. The summed E-state index contributed by atoms with van der Waals surface area (Å²) in [7, 11) is -0.276. The van der Waals surface area contributed by atoms with Gasteiger partial charge in [0.1, 0.15) is 5.82 Å². The zero-order valence-corrected chi connectivity index (χ0v) is 22.1. The second-order valence-corrected chi connectivity index (χ2v) is 10.8. The number of aromatic nitrogens is 3. The van der Waals surface area contributed by atoms with Gasteiger partial charge in [-0.1, -0.05) is 46.4 Å². The zero-order chi connectivity index (χ0) is 25.9. The van der Waals surface area contributed by atoms with Crippen LogP contribution in [-0.2, 0) is 9.73 Å². The zero-order valence-electron chi connectivity index (χ0n) is 18.2. The van der Waals surface area contributed by atoms with E-state index in [-0.39, 0.29) is 53.6 Å². The fraction of sp³-hybridized carbons (Fsp3) is 0.150. The smallest absolute Gasteiger partial charge is 0.345 e. The van der Waals surface area contributed by atoms with Gasteiger partial charge in [0, 0.05) is 37.6 Å². The molecule has 1 aromatic carbocycles. The molecule has 3 rings (SSSR count). The first kappa shape index (κ1) is 26.9. The molecule has 10 nitrogen and oxygen atoms in total. The molecular formula is C20H16Cl4N6O4S. The number of anilines is 2. The van der Waals surface area contributed by atoms with Crippen LogP contribution in [0.15, 0.2) is 39.7 Å². The Labute approximate surface area is 220 Å². The summed E-state index contributed by atoms with van der Waals surface area (Å²) in [5.41, 5.74) is -0.0149. The lowest BCUT2D eigenvalue weighted by molar-refractivity contribution is 0.0734. The lowest BCUT2D eigenvalue weighted by Gasteiger charge is -2.15. The van der Waals surface area contributed by atoms with Crippen LogP contribution in [0, 0.1) is 0 Å². The van der Waals surface area contributed by atoms with Gasteiger partial charge in [-0.05, 0) is 18.2 Å². The van der Waals surface area contributed by atoms with Gasteiger partial charge in [0.05, 0.1) is 35.9 Å². The van der Waals surface area contributed by atoms with E-state index in [0.29, 0.717) is 0 Å². The van der Waals surface area contributed by atoms with E-state index in [0.717, 1.165) is 0 Å². The van der Waals surface area contributed by atoms with E-state index in [4.69, 9.17) is 51.1 Å². The highest BCUT2D eigenvalue weighted by Crippen LogP contribution is 2.36. The van der Waals surface area contributed by atoms with Crippen LogP contribution in [0.5, 0.6) is 5.75 Å². The van der Waals surface area contributed by atoms with E-state index in [1.165, 1.54) is 50.8 Å². The fourth-order valence-corrected chi connectivity index (χ4v) is 4.74. The number of hydrogen-bond acceptors (Lipinski definition) is 9. The number of hydrogen-bond donors (Lipinski definition) is 2. The third-order valence-electron chi connectivity index (χ3n) is 4.46. The summed E-state index contributed by atoms with van der Waals surface area (Å²) in [6.45, 7) is 0. The van der Waals surface area contributed by atoms with Gasteiger partial charge in [0.25, 0.3) is 5.91 Å². The maximum absolute atomic E-state index is 13.2. The average Bonchev–Trinajstić information content (AvgIpc) is 2.81.